The van der Waals surface area contributed by atoms with E-state index in [1.54, 1.807) is 42.3 Å². The van der Waals surface area contributed by atoms with Crippen molar-refractivity contribution in [2.24, 2.45) is 11.8 Å². The molecule has 1 saturated carbocycles. The number of aromatic nitrogens is 2. The summed E-state index contributed by atoms with van der Waals surface area (Å²) in [6.45, 7) is 1.83. The summed E-state index contributed by atoms with van der Waals surface area (Å²) in [5.74, 6) is -1.88. The third kappa shape index (κ3) is 7.00. The van der Waals surface area contributed by atoms with Crippen molar-refractivity contribution in [2.75, 3.05) is 26.6 Å². The lowest BCUT2D eigenvalue weighted by atomic mass is 9.81. The molecule has 0 saturated heterocycles. The van der Waals surface area contributed by atoms with Crippen LogP contribution in [-0.2, 0) is 19.1 Å². The highest BCUT2D eigenvalue weighted by atomic mass is 19.4. The molecule has 1 aliphatic rings. The van der Waals surface area contributed by atoms with Crippen LogP contribution < -0.4 is 5.32 Å². The van der Waals surface area contributed by atoms with Gasteiger partial charge in [0.25, 0.3) is 0 Å². The molecule has 3 aromatic rings. The minimum atomic E-state index is -4.71. The van der Waals surface area contributed by atoms with Gasteiger partial charge in [-0.25, -0.2) is 4.68 Å². The molecular weight excluding hydrogens is 563 g/mol. The quantitative estimate of drug-likeness (QED) is 0.291. The van der Waals surface area contributed by atoms with Crippen molar-refractivity contribution in [2.45, 2.75) is 50.9 Å². The molecule has 12 heteroatoms. The van der Waals surface area contributed by atoms with E-state index in [0.29, 0.717) is 54.0 Å². The first-order valence-corrected chi connectivity index (χ1v) is 13.9. The molecule has 1 aromatic heterocycles. The average Bonchev–Trinajstić information content (AvgIpc) is 3.43. The van der Waals surface area contributed by atoms with Crippen LogP contribution in [-0.4, -0.2) is 54.0 Å². The number of hydrogen-bond donors (Lipinski definition) is 1. The largest absolute Gasteiger partial charge is 0.469 e. The Bertz CT molecular complexity index is 1470. The van der Waals surface area contributed by atoms with Gasteiger partial charge in [-0.1, -0.05) is 18.2 Å². The van der Waals surface area contributed by atoms with Crippen molar-refractivity contribution < 1.29 is 32.2 Å². The van der Waals surface area contributed by atoms with E-state index < -0.39 is 30.1 Å². The Morgan fingerprint density at radius 1 is 1.09 bits per heavy atom. The van der Waals surface area contributed by atoms with Crippen LogP contribution in [0.15, 0.2) is 54.7 Å². The molecule has 2 atom stereocenters. The molecule has 43 heavy (non-hydrogen) atoms. The number of esters is 1. The zero-order chi connectivity index (χ0) is 31.3. The molecule has 4 rings (SSSR count). The molecule has 1 N–H and O–H groups in total. The molecule has 9 nitrogen and oxygen atoms in total. The summed E-state index contributed by atoms with van der Waals surface area (Å²) in [5.41, 5.74) is 2.78. The number of nitrogens with one attached hydrogen (secondary N) is 1. The van der Waals surface area contributed by atoms with E-state index in [1.165, 1.54) is 38.4 Å². The Morgan fingerprint density at radius 2 is 1.74 bits per heavy atom. The van der Waals surface area contributed by atoms with E-state index in [0.717, 1.165) is 4.90 Å². The fourth-order valence-electron chi connectivity index (χ4n) is 5.56. The number of nitriles is 1. The maximum atomic E-state index is 14.3. The highest BCUT2D eigenvalue weighted by Gasteiger charge is 2.46. The Labute approximate surface area is 248 Å². The predicted molar refractivity (Wildman–Crippen MR) is 152 cm³/mol. The summed E-state index contributed by atoms with van der Waals surface area (Å²) in [6.07, 6.45) is -2.08. The van der Waals surface area contributed by atoms with Gasteiger partial charge in [0.1, 0.15) is 0 Å². The minimum absolute atomic E-state index is 0.0772. The summed E-state index contributed by atoms with van der Waals surface area (Å²) >= 11 is 0. The smallest absolute Gasteiger partial charge is 0.413 e. The Morgan fingerprint density at radius 3 is 2.33 bits per heavy atom. The molecule has 1 aliphatic carbocycles. The number of hydrogen-bond acceptors (Lipinski definition) is 7. The third-order valence-electron chi connectivity index (χ3n) is 7.93. The zero-order valence-electron chi connectivity index (χ0n) is 24.4. The lowest BCUT2D eigenvalue weighted by Crippen LogP contribution is -2.43. The number of halogens is 3. The van der Waals surface area contributed by atoms with Crippen molar-refractivity contribution in [3.8, 4) is 11.8 Å². The number of amides is 1. The molecule has 0 radical (unpaired) electrons. The van der Waals surface area contributed by atoms with Crippen molar-refractivity contribution in [1.82, 2.24) is 14.7 Å². The van der Waals surface area contributed by atoms with Gasteiger partial charge in [-0.2, -0.15) is 23.5 Å². The van der Waals surface area contributed by atoms with Crippen molar-refractivity contribution in [3.63, 3.8) is 0 Å². The Balaban J connectivity index is 1.54. The number of benzene rings is 2. The number of anilines is 2. The lowest BCUT2D eigenvalue weighted by Gasteiger charge is -2.35. The molecule has 228 valence electrons. The van der Waals surface area contributed by atoms with E-state index in [-0.39, 0.29) is 17.5 Å². The fourth-order valence-corrected chi connectivity index (χ4v) is 5.56. The van der Waals surface area contributed by atoms with Crippen molar-refractivity contribution >= 4 is 23.3 Å². The van der Waals surface area contributed by atoms with E-state index in [9.17, 15) is 28.0 Å². The van der Waals surface area contributed by atoms with Crippen molar-refractivity contribution in [3.05, 3.63) is 71.5 Å². The van der Waals surface area contributed by atoms with Crippen LogP contribution in [0.5, 0.6) is 0 Å². The summed E-state index contributed by atoms with van der Waals surface area (Å²) in [5, 5.41) is 17.0. The molecule has 0 spiro atoms. The molecule has 1 amide bonds. The van der Waals surface area contributed by atoms with Gasteiger partial charge in [0.15, 0.2) is 6.04 Å². The molecule has 2 aromatic carbocycles. The minimum Gasteiger partial charge on any atom is -0.469 e. The fraction of sp³-hybridized carbons (Fsp3) is 0.419. The summed E-state index contributed by atoms with van der Waals surface area (Å²) in [6, 6.07) is 12.6. The van der Waals surface area contributed by atoms with Crippen LogP contribution in [0.25, 0.3) is 5.69 Å². The van der Waals surface area contributed by atoms with Crippen LogP contribution in [0.4, 0.5) is 24.5 Å². The maximum absolute atomic E-state index is 14.3. The van der Waals surface area contributed by atoms with Crippen LogP contribution in [0.1, 0.15) is 61.6 Å². The molecule has 0 aliphatic heterocycles. The van der Waals surface area contributed by atoms with Gasteiger partial charge < -0.3 is 19.7 Å². The SMILES string of the molecule is COC(=O)C1CCC(C(=O)N(C)[C@@H](c2ccc(Nc3cnn(-c4cccc(C#N)c4)c3[C@H](C)OC)cc2)C(F)(F)F)CC1. The van der Waals surface area contributed by atoms with E-state index in [2.05, 4.69) is 16.5 Å². The van der Waals surface area contributed by atoms with Gasteiger partial charge in [-0.05, 0) is 68.5 Å². The summed E-state index contributed by atoms with van der Waals surface area (Å²) in [4.78, 5) is 25.7. The van der Waals surface area contributed by atoms with E-state index in [4.69, 9.17) is 9.47 Å². The monoisotopic (exact) mass is 597 g/mol. The standard InChI is InChI=1S/C31H34F3N5O4/c1-19(42-3)27-26(18-36-39(27)25-7-5-6-20(16-25)17-35)37-24-14-12-21(13-15-24)28(31(32,33)34)38(2)29(40)22-8-10-23(11-9-22)30(41)43-4/h5-7,12-16,18-19,22-23,28,37H,8-11H2,1-4H3/t19-,22?,23?,28-/m0/s1. The first-order chi connectivity index (χ1) is 20.5. The van der Waals surface area contributed by atoms with Crippen molar-refractivity contribution in [1.29, 1.82) is 5.26 Å². The Kier molecular flexibility index (Phi) is 9.76. The average molecular weight is 598 g/mol. The van der Waals surface area contributed by atoms with Gasteiger partial charge in [-0.15, -0.1) is 0 Å². The predicted octanol–water partition coefficient (Wildman–Crippen LogP) is 6.24. The number of methoxy groups -OCH3 is 2. The Hall–Kier alpha value is -4.37. The van der Waals surface area contributed by atoms with Crippen LogP contribution >= 0.6 is 0 Å². The van der Waals surface area contributed by atoms with Gasteiger partial charge in [0.05, 0.1) is 54.0 Å². The van der Waals surface area contributed by atoms with E-state index >= 15 is 0 Å². The highest BCUT2D eigenvalue weighted by Crippen LogP contribution is 2.40. The number of rotatable bonds is 9. The highest BCUT2D eigenvalue weighted by molar-refractivity contribution is 5.80. The van der Waals surface area contributed by atoms with E-state index in [1.807, 2.05) is 6.92 Å². The zero-order valence-corrected chi connectivity index (χ0v) is 24.4. The van der Waals surface area contributed by atoms with Crippen LogP contribution in [0.3, 0.4) is 0 Å². The van der Waals surface area contributed by atoms with Crippen LogP contribution in [0.2, 0.25) is 0 Å². The molecule has 1 heterocycles. The first-order valence-electron chi connectivity index (χ1n) is 13.9. The molecule has 1 fully saturated rings. The molecule has 0 unspecified atom stereocenters. The van der Waals surface area contributed by atoms with Gasteiger partial charge in [0.2, 0.25) is 5.91 Å². The second-order valence-corrected chi connectivity index (χ2v) is 10.6. The number of alkyl halides is 3. The second kappa shape index (κ2) is 13.3. The van der Waals surface area contributed by atoms with Crippen LogP contribution in [0, 0.1) is 23.2 Å². The molecule has 0 bridgehead atoms. The molecular formula is C31H34F3N5O4. The van der Waals surface area contributed by atoms with Gasteiger partial charge >= 0.3 is 12.1 Å². The number of ether oxygens (including phenoxy) is 2. The lowest BCUT2D eigenvalue weighted by molar-refractivity contribution is -0.191. The summed E-state index contributed by atoms with van der Waals surface area (Å²) < 4.78 is 54.9. The number of carbonyl (C=O) groups is 2. The second-order valence-electron chi connectivity index (χ2n) is 10.6. The topological polar surface area (TPSA) is 109 Å². The van der Waals surface area contributed by atoms with Gasteiger partial charge in [-0.3, -0.25) is 9.59 Å². The van der Waals surface area contributed by atoms with Gasteiger partial charge in [0, 0.05) is 25.8 Å². The first kappa shape index (κ1) is 31.6. The summed E-state index contributed by atoms with van der Waals surface area (Å²) in [7, 11) is 4.02. The number of nitrogens with zero attached hydrogens (tertiary/aromatic N) is 4. The normalized spacial score (nSPS) is 18.3. The maximum Gasteiger partial charge on any atom is 0.413 e. The third-order valence-corrected chi connectivity index (χ3v) is 7.93. The number of carbonyl (C=O) groups excluding carboxylic acids is 2.